The van der Waals surface area contributed by atoms with Crippen molar-refractivity contribution in [2.24, 2.45) is 7.05 Å². The molecule has 0 aliphatic carbocycles. The van der Waals surface area contributed by atoms with E-state index in [-0.39, 0.29) is 23.8 Å². The predicted octanol–water partition coefficient (Wildman–Crippen LogP) is 3.85. The minimum atomic E-state index is -0.553. The van der Waals surface area contributed by atoms with Gasteiger partial charge in [-0.15, -0.1) is 0 Å². The van der Waals surface area contributed by atoms with Gasteiger partial charge < -0.3 is 24.3 Å². The summed E-state index contributed by atoms with van der Waals surface area (Å²) in [5.74, 6) is 0. The molecule has 3 rings (SSSR count). The zero-order chi connectivity index (χ0) is 23.5. The van der Waals surface area contributed by atoms with E-state index in [1.54, 1.807) is 34.8 Å². The van der Waals surface area contributed by atoms with Crippen LogP contribution in [0.25, 0.3) is 11.1 Å². The Balaban J connectivity index is 1.63. The van der Waals surface area contributed by atoms with Crippen LogP contribution in [0.2, 0.25) is 0 Å². The zero-order valence-electron chi connectivity index (χ0n) is 19.3. The van der Waals surface area contributed by atoms with Crippen LogP contribution in [0.15, 0.2) is 47.4 Å². The fourth-order valence-electron chi connectivity index (χ4n) is 3.99. The predicted molar refractivity (Wildman–Crippen MR) is 121 cm³/mol. The van der Waals surface area contributed by atoms with Gasteiger partial charge in [0, 0.05) is 44.2 Å². The zero-order valence-corrected chi connectivity index (χ0v) is 19.3. The Bertz CT molecular complexity index is 1030. The van der Waals surface area contributed by atoms with Gasteiger partial charge in [-0.25, -0.2) is 9.59 Å². The molecule has 1 saturated heterocycles. The molecule has 8 heteroatoms. The van der Waals surface area contributed by atoms with E-state index in [0.717, 1.165) is 16.7 Å². The first kappa shape index (κ1) is 23.4. The summed E-state index contributed by atoms with van der Waals surface area (Å²) < 4.78 is 11.9. The Morgan fingerprint density at radius 3 is 2.44 bits per heavy atom. The molecule has 0 saturated carbocycles. The van der Waals surface area contributed by atoms with Gasteiger partial charge in [-0.3, -0.25) is 4.79 Å². The summed E-state index contributed by atoms with van der Waals surface area (Å²) >= 11 is 0. The van der Waals surface area contributed by atoms with Gasteiger partial charge in [0.05, 0.1) is 13.2 Å². The highest BCUT2D eigenvalue weighted by atomic mass is 16.6. The Kier molecular flexibility index (Phi) is 6.91. The summed E-state index contributed by atoms with van der Waals surface area (Å²) in [6, 6.07) is 11.2. The van der Waals surface area contributed by atoms with Crippen LogP contribution >= 0.6 is 0 Å². The molecular formula is C24H31N3O5. The lowest BCUT2D eigenvalue weighted by Crippen LogP contribution is -2.49. The number of carbonyl (C=O) groups excluding carboxylic acids is 2. The van der Waals surface area contributed by atoms with Gasteiger partial charge in [0.1, 0.15) is 6.10 Å². The van der Waals surface area contributed by atoms with Crippen LogP contribution in [0, 0.1) is 0 Å². The second kappa shape index (κ2) is 9.46. The Morgan fingerprint density at radius 2 is 1.84 bits per heavy atom. The monoisotopic (exact) mass is 441 g/mol. The molecule has 1 fully saturated rings. The molecule has 8 nitrogen and oxygen atoms in total. The number of nitrogens with one attached hydrogen (secondary N) is 1. The number of alkyl carbamates (subject to hydrolysis) is 1. The van der Waals surface area contributed by atoms with Crippen molar-refractivity contribution in [3.05, 3.63) is 58.5 Å². The van der Waals surface area contributed by atoms with E-state index >= 15 is 0 Å². The number of carbonyl (C=O) groups is 2. The number of hydrogen-bond donors (Lipinski definition) is 1. The minimum absolute atomic E-state index is 0.0506. The standard InChI is InChI=1S/C24H31N3O5/c1-16(17-6-8-18(9-7-17)19-10-11-21(28)26(4)15-19)27-13-12-20(32-23(27)30)14-24(2,3)25-22(29)31-5/h6-11,15-16,20H,12-14H2,1-5H3,(H,25,29). The lowest BCUT2D eigenvalue weighted by Gasteiger charge is -2.38. The highest BCUT2D eigenvalue weighted by molar-refractivity contribution is 5.70. The number of rotatable bonds is 6. The molecule has 1 aromatic carbocycles. The second-order valence-corrected chi connectivity index (χ2v) is 8.86. The van der Waals surface area contributed by atoms with E-state index in [1.807, 2.05) is 45.0 Å². The smallest absolute Gasteiger partial charge is 0.410 e. The number of cyclic esters (lactones) is 1. The highest BCUT2D eigenvalue weighted by Crippen LogP contribution is 2.29. The Labute approximate surface area is 188 Å². The summed E-state index contributed by atoms with van der Waals surface area (Å²) in [4.78, 5) is 37.5. The van der Waals surface area contributed by atoms with Crippen LogP contribution in [0.1, 0.15) is 45.2 Å². The van der Waals surface area contributed by atoms with Crippen molar-refractivity contribution in [1.29, 1.82) is 0 Å². The fraction of sp³-hybridized carbons (Fsp3) is 0.458. The lowest BCUT2D eigenvalue weighted by molar-refractivity contribution is 0.000920. The molecule has 2 heterocycles. The third-order valence-corrected chi connectivity index (χ3v) is 5.84. The van der Waals surface area contributed by atoms with Crippen molar-refractivity contribution in [3.8, 4) is 11.1 Å². The van der Waals surface area contributed by atoms with E-state index in [0.29, 0.717) is 19.4 Å². The molecular weight excluding hydrogens is 410 g/mol. The van der Waals surface area contributed by atoms with Crippen molar-refractivity contribution in [2.45, 2.75) is 51.3 Å². The first-order valence-corrected chi connectivity index (χ1v) is 10.7. The van der Waals surface area contributed by atoms with Gasteiger partial charge in [0.2, 0.25) is 5.56 Å². The number of nitrogens with zero attached hydrogens (tertiary/aromatic N) is 2. The van der Waals surface area contributed by atoms with Crippen molar-refractivity contribution < 1.29 is 19.1 Å². The molecule has 32 heavy (non-hydrogen) atoms. The molecule has 1 aliphatic heterocycles. The molecule has 0 bridgehead atoms. The van der Waals surface area contributed by atoms with E-state index < -0.39 is 11.6 Å². The van der Waals surface area contributed by atoms with Crippen LogP contribution in [-0.2, 0) is 16.5 Å². The van der Waals surface area contributed by atoms with Crippen LogP contribution < -0.4 is 10.9 Å². The summed E-state index contributed by atoms with van der Waals surface area (Å²) in [6.45, 7) is 6.30. The van der Waals surface area contributed by atoms with Crippen LogP contribution in [-0.4, -0.2) is 47.0 Å². The van der Waals surface area contributed by atoms with Gasteiger partial charge >= 0.3 is 12.2 Å². The molecule has 2 atom stereocenters. The molecule has 2 amide bonds. The molecule has 1 aromatic heterocycles. The Hall–Kier alpha value is -3.29. The number of hydrogen-bond acceptors (Lipinski definition) is 5. The second-order valence-electron chi connectivity index (χ2n) is 8.86. The largest absolute Gasteiger partial charge is 0.453 e. The van der Waals surface area contributed by atoms with Crippen molar-refractivity contribution in [1.82, 2.24) is 14.8 Å². The van der Waals surface area contributed by atoms with Crippen LogP contribution in [0.3, 0.4) is 0 Å². The summed E-state index contributed by atoms with van der Waals surface area (Å²) in [7, 11) is 3.05. The van der Waals surface area contributed by atoms with Gasteiger partial charge in [0.25, 0.3) is 0 Å². The molecule has 2 unspecified atom stereocenters. The van der Waals surface area contributed by atoms with E-state index in [2.05, 4.69) is 10.1 Å². The molecule has 1 N–H and O–H groups in total. The number of pyridine rings is 1. The normalized spacial score (nSPS) is 17.5. The maximum Gasteiger partial charge on any atom is 0.410 e. The van der Waals surface area contributed by atoms with Gasteiger partial charge in [0.15, 0.2) is 0 Å². The third-order valence-electron chi connectivity index (χ3n) is 5.84. The summed E-state index contributed by atoms with van der Waals surface area (Å²) in [6.07, 6.45) is 1.85. The third kappa shape index (κ3) is 5.49. The van der Waals surface area contributed by atoms with Crippen molar-refractivity contribution >= 4 is 12.2 Å². The molecule has 0 radical (unpaired) electrons. The molecule has 2 aromatic rings. The number of methoxy groups -OCH3 is 1. The van der Waals surface area contributed by atoms with Gasteiger partial charge in [-0.2, -0.15) is 0 Å². The average Bonchev–Trinajstić information content (AvgIpc) is 2.74. The first-order valence-electron chi connectivity index (χ1n) is 10.7. The molecule has 172 valence electrons. The quantitative estimate of drug-likeness (QED) is 0.735. The minimum Gasteiger partial charge on any atom is -0.453 e. The first-order chi connectivity index (χ1) is 15.1. The van der Waals surface area contributed by atoms with Gasteiger partial charge in [-0.1, -0.05) is 24.3 Å². The molecule has 1 aliphatic rings. The maximum absolute atomic E-state index is 12.7. The number of benzene rings is 1. The van der Waals surface area contributed by atoms with E-state index in [9.17, 15) is 14.4 Å². The number of aromatic nitrogens is 1. The summed E-state index contributed by atoms with van der Waals surface area (Å²) in [5.41, 5.74) is 2.35. The van der Waals surface area contributed by atoms with Crippen molar-refractivity contribution in [3.63, 3.8) is 0 Å². The van der Waals surface area contributed by atoms with Crippen LogP contribution in [0.4, 0.5) is 9.59 Å². The fourth-order valence-corrected chi connectivity index (χ4v) is 3.99. The Morgan fingerprint density at radius 1 is 1.19 bits per heavy atom. The topological polar surface area (TPSA) is 89.9 Å². The van der Waals surface area contributed by atoms with Crippen molar-refractivity contribution in [2.75, 3.05) is 13.7 Å². The lowest BCUT2D eigenvalue weighted by atomic mass is 9.94. The van der Waals surface area contributed by atoms with Gasteiger partial charge in [-0.05, 0) is 43.5 Å². The molecule has 0 spiro atoms. The highest BCUT2D eigenvalue weighted by Gasteiger charge is 2.34. The number of ether oxygens (including phenoxy) is 2. The number of aryl methyl sites for hydroxylation is 1. The van der Waals surface area contributed by atoms with E-state index in [4.69, 9.17) is 4.74 Å². The maximum atomic E-state index is 12.7. The van der Waals surface area contributed by atoms with Crippen LogP contribution in [0.5, 0.6) is 0 Å². The SMILES string of the molecule is COC(=O)NC(C)(C)CC1CCN(C(C)c2ccc(-c3ccc(=O)n(C)c3)cc2)C(=O)O1. The average molecular weight is 442 g/mol. The summed E-state index contributed by atoms with van der Waals surface area (Å²) in [5, 5.41) is 2.77. The number of amides is 2. The van der Waals surface area contributed by atoms with E-state index in [1.165, 1.54) is 7.11 Å².